The Morgan fingerprint density at radius 3 is 2.95 bits per heavy atom. The molecule has 3 aromatic rings. The molecule has 2 aromatic heterocycles. The van der Waals surface area contributed by atoms with Crippen LogP contribution in [0.4, 0.5) is 0 Å². The van der Waals surface area contributed by atoms with E-state index >= 15 is 0 Å². The van der Waals surface area contributed by atoms with Gasteiger partial charge in [-0.05, 0) is 12.5 Å². The van der Waals surface area contributed by atoms with Gasteiger partial charge in [-0.15, -0.1) is 23.1 Å². The molecule has 21 heavy (non-hydrogen) atoms. The summed E-state index contributed by atoms with van der Waals surface area (Å²) < 4.78 is 1.32. The molecule has 1 aliphatic heterocycles. The second kappa shape index (κ2) is 5.27. The van der Waals surface area contributed by atoms with Gasteiger partial charge in [0.05, 0.1) is 10.6 Å². The van der Waals surface area contributed by atoms with Crippen molar-refractivity contribution in [1.82, 2.24) is 9.97 Å². The van der Waals surface area contributed by atoms with Gasteiger partial charge in [-0.1, -0.05) is 36.7 Å². The van der Waals surface area contributed by atoms with E-state index in [-0.39, 0.29) is 0 Å². The van der Waals surface area contributed by atoms with Crippen LogP contribution in [-0.4, -0.2) is 15.7 Å². The molecule has 1 aromatic carbocycles. The molecule has 2 nitrogen and oxygen atoms in total. The average Bonchev–Trinajstić information content (AvgIpc) is 2.77. The molecule has 1 aliphatic rings. The van der Waals surface area contributed by atoms with Crippen molar-refractivity contribution in [3.05, 3.63) is 40.8 Å². The molecular weight excluding hydrogens is 320 g/mol. The van der Waals surface area contributed by atoms with E-state index in [0.717, 1.165) is 35.7 Å². The number of thiophene rings is 1. The van der Waals surface area contributed by atoms with E-state index < -0.39 is 0 Å². The molecule has 0 bridgehead atoms. The SMILES string of the molecule is CCc1nc(Cl)c2c(n1)-c1sc3ccccc3c1SCC2. The lowest BCUT2D eigenvalue weighted by atomic mass is 10.1. The average molecular weight is 333 g/mol. The summed E-state index contributed by atoms with van der Waals surface area (Å²) in [6.45, 7) is 2.06. The number of halogens is 1. The first-order chi connectivity index (χ1) is 10.3. The molecule has 0 unspecified atom stereocenters. The van der Waals surface area contributed by atoms with Gasteiger partial charge in [-0.3, -0.25) is 0 Å². The molecule has 0 fully saturated rings. The van der Waals surface area contributed by atoms with Gasteiger partial charge in [0.2, 0.25) is 0 Å². The first-order valence-electron chi connectivity index (χ1n) is 6.98. The maximum absolute atomic E-state index is 6.41. The van der Waals surface area contributed by atoms with E-state index in [1.54, 1.807) is 0 Å². The predicted molar refractivity (Wildman–Crippen MR) is 91.7 cm³/mol. The third-order valence-electron chi connectivity index (χ3n) is 3.68. The summed E-state index contributed by atoms with van der Waals surface area (Å²) in [6, 6.07) is 8.57. The van der Waals surface area contributed by atoms with E-state index in [9.17, 15) is 0 Å². The number of aryl methyl sites for hydroxylation is 1. The first kappa shape index (κ1) is 13.6. The standard InChI is InChI=1S/C16H13ClN2S2/c1-2-12-18-13-10(16(17)19-12)7-8-20-14-9-5-3-4-6-11(9)21-15(13)14/h3-6H,2,7-8H2,1H3. The summed E-state index contributed by atoms with van der Waals surface area (Å²) >= 11 is 10.1. The van der Waals surface area contributed by atoms with Crippen LogP contribution in [0.1, 0.15) is 18.3 Å². The smallest absolute Gasteiger partial charge is 0.136 e. The van der Waals surface area contributed by atoms with Crippen molar-refractivity contribution in [2.75, 3.05) is 5.75 Å². The molecule has 0 radical (unpaired) electrons. The molecule has 0 saturated heterocycles. The molecule has 0 amide bonds. The van der Waals surface area contributed by atoms with E-state index in [4.69, 9.17) is 16.6 Å². The summed E-state index contributed by atoms with van der Waals surface area (Å²) in [5.41, 5.74) is 2.15. The summed E-state index contributed by atoms with van der Waals surface area (Å²) in [6.07, 6.45) is 1.74. The number of fused-ring (bicyclic) bond motifs is 5. The Hall–Kier alpha value is -1.10. The van der Waals surface area contributed by atoms with Crippen LogP contribution >= 0.6 is 34.7 Å². The quantitative estimate of drug-likeness (QED) is 0.571. The highest BCUT2D eigenvalue weighted by molar-refractivity contribution is 7.99. The van der Waals surface area contributed by atoms with Crippen LogP contribution in [0, 0.1) is 0 Å². The van der Waals surface area contributed by atoms with E-state index in [2.05, 4.69) is 36.2 Å². The van der Waals surface area contributed by atoms with Crippen LogP contribution in [0.5, 0.6) is 0 Å². The minimum absolute atomic E-state index is 0.628. The lowest BCUT2D eigenvalue weighted by Crippen LogP contribution is -2.01. The number of nitrogens with zero attached hydrogens (tertiary/aromatic N) is 2. The third kappa shape index (κ3) is 2.17. The Balaban J connectivity index is 2.06. The van der Waals surface area contributed by atoms with Crippen LogP contribution in [0.15, 0.2) is 29.2 Å². The number of aromatic nitrogens is 2. The zero-order valence-corrected chi connectivity index (χ0v) is 13.9. The van der Waals surface area contributed by atoms with Gasteiger partial charge in [0.15, 0.2) is 0 Å². The highest BCUT2D eigenvalue weighted by Crippen LogP contribution is 2.47. The Bertz CT molecular complexity index is 842. The van der Waals surface area contributed by atoms with Crippen molar-refractivity contribution in [3.63, 3.8) is 0 Å². The molecule has 3 heterocycles. The van der Waals surface area contributed by atoms with Crippen molar-refractivity contribution < 1.29 is 0 Å². The lowest BCUT2D eigenvalue weighted by Gasteiger charge is -2.08. The van der Waals surface area contributed by atoms with E-state index in [1.165, 1.54) is 19.9 Å². The fraction of sp³-hybridized carbons (Fsp3) is 0.250. The fourth-order valence-electron chi connectivity index (χ4n) is 2.64. The van der Waals surface area contributed by atoms with Crippen LogP contribution in [0.25, 0.3) is 20.7 Å². The topological polar surface area (TPSA) is 25.8 Å². The number of hydrogen-bond acceptors (Lipinski definition) is 4. The van der Waals surface area contributed by atoms with Crippen molar-refractivity contribution in [2.24, 2.45) is 0 Å². The molecule has 0 spiro atoms. The van der Waals surface area contributed by atoms with Gasteiger partial charge >= 0.3 is 0 Å². The molecular formula is C16H13ClN2S2. The Labute approximate surface area is 136 Å². The largest absolute Gasteiger partial charge is 0.232 e. The minimum Gasteiger partial charge on any atom is -0.232 e. The highest BCUT2D eigenvalue weighted by atomic mass is 35.5. The normalized spacial score (nSPS) is 13.8. The monoisotopic (exact) mass is 332 g/mol. The zero-order valence-electron chi connectivity index (χ0n) is 11.5. The fourth-order valence-corrected chi connectivity index (χ4v) is 5.48. The molecule has 5 heteroatoms. The second-order valence-electron chi connectivity index (χ2n) is 4.97. The van der Waals surface area contributed by atoms with E-state index in [0.29, 0.717) is 5.15 Å². The Morgan fingerprint density at radius 2 is 2.10 bits per heavy atom. The minimum atomic E-state index is 0.628. The van der Waals surface area contributed by atoms with Crippen LogP contribution in [-0.2, 0) is 12.8 Å². The summed E-state index contributed by atoms with van der Waals surface area (Å²) in [5.74, 6) is 1.85. The number of hydrogen-bond donors (Lipinski definition) is 0. The molecule has 0 N–H and O–H groups in total. The first-order valence-corrected chi connectivity index (χ1v) is 9.16. The predicted octanol–water partition coefficient (Wildman–Crippen LogP) is 5.22. The van der Waals surface area contributed by atoms with Gasteiger partial charge in [0, 0.05) is 32.7 Å². The summed E-state index contributed by atoms with van der Waals surface area (Å²) in [5, 5.41) is 1.96. The van der Waals surface area contributed by atoms with Crippen LogP contribution in [0.2, 0.25) is 5.15 Å². The molecule has 0 saturated carbocycles. The van der Waals surface area contributed by atoms with Gasteiger partial charge in [0.1, 0.15) is 11.0 Å². The maximum atomic E-state index is 6.41. The van der Waals surface area contributed by atoms with Crippen molar-refractivity contribution in [3.8, 4) is 10.6 Å². The number of rotatable bonds is 1. The van der Waals surface area contributed by atoms with Gasteiger partial charge in [0.25, 0.3) is 0 Å². The molecule has 0 atom stereocenters. The van der Waals surface area contributed by atoms with Crippen molar-refractivity contribution in [1.29, 1.82) is 0 Å². The second-order valence-corrected chi connectivity index (χ2v) is 7.48. The number of thioether (sulfide) groups is 1. The zero-order chi connectivity index (χ0) is 14.4. The lowest BCUT2D eigenvalue weighted by molar-refractivity contribution is 0.923. The molecule has 4 rings (SSSR count). The van der Waals surface area contributed by atoms with Crippen molar-refractivity contribution in [2.45, 2.75) is 24.7 Å². The third-order valence-corrected chi connectivity index (χ3v) is 6.42. The Morgan fingerprint density at radius 1 is 1.24 bits per heavy atom. The van der Waals surface area contributed by atoms with Crippen LogP contribution < -0.4 is 0 Å². The Kier molecular flexibility index (Phi) is 3.40. The summed E-state index contributed by atoms with van der Waals surface area (Å²) in [4.78, 5) is 11.8. The number of benzene rings is 1. The highest BCUT2D eigenvalue weighted by Gasteiger charge is 2.24. The molecule has 106 valence electrons. The van der Waals surface area contributed by atoms with Crippen molar-refractivity contribution >= 4 is 44.8 Å². The molecule has 0 aliphatic carbocycles. The van der Waals surface area contributed by atoms with E-state index in [1.807, 2.05) is 23.1 Å². The maximum Gasteiger partial charge on any atom is 0.136 e. The van der Waals surface area contributed by atoms with Crippen LogP contribution in [0.3, 0.4) is 0 Å². The van der Waals surface area contributed by atoms with Gasteiger partial charge in [-0.25, -0.2) is 9.97 Å². The van der Waals surface area contributed by atoms with Gasteiger partial charge < -0.3 is 0 Å². The van der Waals surface area contributed by atoms with Gasteiger partial charge in [-0.2, -0.15) is 0 Å². The summed E-state index contributed by atoms with van der Waals surface area (Å²) in [7, 11) is 0.